The molecule has 16 heavy (non-hydrogen) atoms. The average molecular weight is 260 g/mol. The van der Waals surface area contributed by atoms with E-state index in [0.717, 1.165) is 37.7 Å². The summed E-state index contributed by atoms with van der Waals surface area (Å²) in [6.45, 7) is 2.74. The lowest BCUT2D eigenvalue weighted by Crippen LogP contribution is -2.36. The van der Waals surface area contributed by atoms with Crippen molar-refractivity contribution in [1.29, 1.82) is 0 Å². The molecule has 0 amide bonds. The Balaban J connectivity index is 1.97. The quantitative estimate of drug-likeness (QED) is 0.589. The maximum absolute atomic E-state index is 6.01. The van der Waals surface area contributed by atoms with Crippen LogP contribution in [-0.2, 0) is 0 Å². The van der Waals surface area contributed by atoms with Crippen LogP contribution in [0.15, 0.2) is 0 Å². The smallest absolute Gasteiger partial charge is 0.225 e. The first-order chi connectivity index (χ1) is 7.75. The fourth-order valence-electron chi connectivity index (χ4n) is 2.20. The molecular formula is C9H11Cl2N5. The Labute approximate surface area is 103 Å². The van der Waals surface area contributed by atoms with Crippen molar-refractivity contribution in [2.75, 3.05) is 30.0 Å². The molecule has 0 radical (unpaired) electrons. The molecule has 3 heterocycles. The Morgan fingerprint density at radius 1 is 1.31 bits per heavy atom. The van der Waals surface area contributed by atoms with Crippen LogP contribution in [0.3, 0.4) is 0 Å². The lowest BCUT2D eigenvalue weighted by Gasteiger charge is -2.23. The molecule has 2 aliphatic heterocycles. The molecule has 1 fully saturated rings. The maximum atomic E-state index is 6.01. The molecular weight excluding hydrogens is 249 g/mol. The predicted molar refractivity (Wildman–Crippen MR) is 64.3 cm³/mol. The van der Waals surface area contributed by atoms with E-state index in [1.54, 1.807) is 0 Å². The van der Waals surface area contributed by atoms with Gasteiger partial charge in [0, 0.05) is 12.6 Å². The minimum atomic E-state index is 0.198. The summed E-state index contributed by atoms with van der Waals surface area (Å²) >= 11 is 11.8. The standard InChI is InChI=1S/C9H11Cl2N5/c10-7-6-8(15-9(11)14-7)16(4-13-6)5-1-2-12-3-5/h5,12-13H,1-4H2/t5-/m0/s1. The molecule has 0 aliphatic carbocycles. The van der Waals surface area contributed by atoms with Gasteiger partial charge in [-0.15, -0.1) is 0 Å². The molecule has 1 saturated heterocycles. The van der Waals surface area contributed by atoms with Gasteiger partial charge in [-0.2, -0.15) is 4.98 Å². The highest BCUT2D eigenvalue weighted by Crippen LogP contribution is 2.37. The van der Waals surface area contributed by atoms with E-state index >= 15 is 0 Å². The van der Waals surface area contributed by atoms with E-state index in [-0.39, 0.29) is 5.28 Å². The van der Waals surface area contributed by atoms with Crippen LogP contribution in [0, 0.1) is 0 Å². The molecule has 7 heteroatoms. The molecule has 3 rings (SSSR count). The zero-order valence-electron chi connectivity index (χ0n) is 8.50. The monoisotopic (exact) mass is 259 g/mol. The largest absolute Gasteiger partial charge is 0.362 e. The van der Waals surface area contributed by atoms with E-state index in [0.29, 0.717) is 11.2 Å². The second-order valence-electron chi connectivity index (χ2n) is 3.93. The number of aromatic nitrogens is 2. The summed E-state index contributed by atoms with van der Waals surface area (Å²) in [6.07, 6.45) is 1.11. The van der Waals surface area contributed by atoms with Crippen LogP contribution in [-0.4, -0.2) is 35.8 Å². The maximum Gasteiger partial charge on any atom is 0.225 e. The van der Waals surface area contributed by atoms with Crippen molar-refractivity contribution in [2.45, 2.75) is 12.5 Å². The van der Waals surface area contributed by atoms with Crippen LogP contribution >= 0.6 is 23.2 Å². The Kier molecular flexibility index (Phi) is 2.53. The molecule has 0 spiro atoms. The molecule has 1 aromatic heterocycles. The molecule has 86 valence electrons. The van der Waals surface area contributed by atoms with Crippen LogP contribution in [0.1, 0.15) is 6.42 Å². The fraction of sp³-hybridized carbons (Fsp3) is 0.556. The van der Waals surface area contributed by atoms with Crippen LogP contribution in [0.5, 0.6) is 0 Å². The Morgan fingerprint density at radius 2 is 2.19 bits per heavy atom. The third kappa shape index (κ3) is 1.59. The summed E-state index contributed by atoms with van der Waals surface area (Å²) in [5, 5.41) is 7.13. The molecule has 2 aliphatic rings. The normalized spacial score (nSPS) is 23.4. The minimum Gasteiger partial charge on any atom is -0.362 e. The summed E-state index contributed by atoms with van der Waals surface area (Å²) in [5.74, 6) is 0.818. The van der Waals surface area contributed by atoms with Crippen LogP contribution < -0.4 is 15.5 Å². The fourth-order valence-corrected chi connectivity index (χ4v) is 2.64. The lowest BCUT2D eigenvalue weighted by atomic mass is 10.2. The number of hydrogen-bond acceptors (Lipinski definition) is 5. The zero-order chi connectivity index (χ0) is 11.1. The van der Waals surface area contributed by atoms with Crippen molar-refractivity contribution in [2.24, 2.45) is 0 Å². The number of halogens is 2. The van der Waals surface area contributed by atoms with Gasteiger partial charge in [0.25, 0.3) is 0 Å². The van der Waals surface area contributed by atoms with Gasteiger partial charge in [0.2, 0.25) is 5.28 Å². The van der Waals surface area contributed by atoms with E-state index in [2.05, 4.69) is 25.5 Å². The summed E-state index contributed by atoms with van der Waals surface area (Å²) < 4.78 is 0. The van der Waals surface area contributed by atoms with Crippen LogP contribution in [0.25, 0.3) is 0 Å². The topological polar surface area (TPSA) is 53.1 Å². The molecule has 0 bridgehead atoms. The lowest BCUT2D eigenvalue weighted by molar-refractivity contribution is 0.658. The summed E-state index contributed by atoms with van der Waals surface area (Å²) in [4.78, 5) is 10.4. The molecule has 0 aromatic carbocycles. The number of hydrogen-bond donors (Lipinski definition) is 2. The molecule has 1 atom stereocenters. The van der Waals surface area contributed by atoms with Gasteiger partial charge in [-0.05, 0) is 24.6 Å². The molecule has 0 unspecified atom stereocenters. The van der Waals surface area contributed by atoms with Gasteiger partial charge in [-0.3, -0.25) is 0 Å². The Hall–Kier alpha value is -0.780. The van der Waals surface area contributed by atoms with Gasteiger partial charge in [-0.1, -0.05) is 11.6 Å². The first-order valence-corrected chi connectivity index (χ1v) is 5.95. The second kappa shape index (κ2) is 3.91. The zero-order valence-corrected chi connectivity index (χ0v) is 10.0. The van der Waals surface area contributed by atoms with Crippen molar-refractivity contribution in [3.63, 3.8) is 0 Å². The molecule has 2 N–H and O–H groups in total. The first-order valence-electron chi connectivity index (χ1n) is 5.20. The Bertz CT molecular complexity index is 419. The SMILES string of the molecule is Clc1nc(Cl)c2c(n1)N([C@H]1CCNC1)CN2. The third-order valence-electron chi connectivity index (χ3n) is 2.99. The van der Waals surface area contributed by atoms with Crippen molar-refractivity contribution in [3.05, 3.63) is 10.4 Å². The summed E-state index contributed by atoms with van der Waals surface area (Å²) in [5.41, 5.74) is 0.790. The van der Waals surface area contributed by atoms with Crippen LogP contribution in [0.2, 0.25) is 10.4 Å². The molecule has 5 nitrogen and oxygen atoms in total. The van der Waals surface area contributed by atoms with Crippen molar-refractivity contribution in [3.8, 4) is 0 Å². The number of rotatable bonds is 1. The minimum absolute atomic E-state index is 0.198. The van der Waals surface area contributed by atoms with Gasteiger partial charge in [-0.25, -0.2) is 4.98 Å². The summed E-state index contributed by atoms with van der Waals surface area (Å²) in [7, 11) is 0. The Morgan fingerprint density at radius 3 is 2.94 bits per heavy atom. The van der Waals surface area contributed by atoms with Gasteiger partial charge < -0.3 is 15.5 Å². The number of fused-ring (bicyclic) bond motifs is 1. The van der Waals surface area contributed by atoms with Crippen molar-refractivity contribution in [1.82, 2.24) is 15.3 Å². The first kappa shape index (κ1) is 10.4. The van der Waals surface area contributed by atoms with Gasteiger partial charge in [0.15, 0.2) is 11.0 Å². The third-order valence-corrected chi connectivity index (χ3v) is 3.43. The van der Waals surface area contributed by atoms with E-state index in [4.69, 9.17) is 23.2 Å². The predicted octanol–water partition coefficient (Wildman–Crippen LogP) is 1.33. The number of nitrogens with zero attached hydrogens (tertiary/aromatic N) is 3. The summed E-state index contributed by atoms with van der Waals surface area (Å²) in [6, 6.07) is 0.454. The van der Waals surface area contributed by atoms with Crippen molar-refractivity contribution < 1.29 is 0 Å². The second-order valence-corrected chi connectivity index (χ2v) is 4.63. The highest BCUT2D eigenvalue weighted by atomic mass is 35.5. The molecule has 0 saturated carbocycles. The van der Waals surface area contributed by atoms with E-state index in [9.17, 15) is 0 Å². The average Bonchev–Trinajstić information content (AvgIpc) is 2.83. The van der Waals surface area contributed by atoms with Gasteiger partial charge in [0.1, 0.15) is 5.69 Å². The van der Waals surface area contributed by atoms with E-state index < -0.39 is 0 Å². The van der Waals surface area contributed by atoms with Crippen LogP contribution in [0.4, 0.5) is 11.5 Å². The van der Waals surface area contributed by atoms with E-state index in [1.807, 2.05) is 0 Å². The van der Waals surface area contributed by atoms with Gasteiger partial charge in [0.05, 0.1) is 6.67 Å². The van der Waals surface area contributed by atoms with E-state index in [1.165, 1.54) is 0 Å². The number of anilines is 2. The number of nitrogens with one attached hydrogen (secondary N) is 2. The van der Waals surface area contributed by atoms with Gasteiger partial charge >= 0.3 is 0 Å². The highest BCUT2D eigenvalue weighted by molar-refractivity contribution is 6.34. The molecule has 1 aromatic rings. The highest BCUT2D eigenvalue weighted by Gasteiger charge is 2.31. The van der Waals surface area contributed by atoms with Crippen molar-refractivity contribution >= 4 is 34.7 Å².